The van der Waals surface area contributed by atoms with Crippen molar-refractivity contribution < 1.29 is 9.94 Å². The molecule has 0 aliphatic carbocycles. The van der Waals surface area contributed by atoms with Crippen LogP contribution < -0.4 is 0 Å². The van der Waals surface area contributed by atoms with Crippen molar-refractivity contribution in [2.24, 2.45) is 0 Å². The molecule has 0 unspecified atom stereocenters. The van der Waals surface area contributed by atoms with Gasteiger partial charge in [0, 0.05) is 12.8 Å². The summed E-state index contributed by atoms with van der Waals surface area (Å²) < 4.78 is -1.72. The van der Waals surface area contributed by atoms with Gasteiger partial charge in [-0.25, -0.2) is 0 Å². The molecule has 0 bridgehead atoms. The summed E-state index contributed by atoms with van der Waals surface area (Å²) in [6.07, 6.45) is 7.57. The van der Waals surface area contributed by atoms with Crippen LogP contribution in [0.15, 0.2) is 0 Å². The number of hydrogen-bond donors (Lipinski definition) is 5. The number of nitrogens with zero attached hydrogens (tertiary/aromatic N) is 1. The molecule has 1 fully saturated rings. The Morgan fingerprint density at radius 3 is 2.05 bits per heavy atom. The van der Waals surface area contributed by atoms with Crippen molar-refractivity contribution in [2.75, 3.05) is 6.61 Å². The van der Waals surface area contributed by atoms with Crippen molar-refractivity contribution in [3.63, 3.8) is 0 Å². The van der Waals surface area contributed by atoms with Gasteiger partial charge in [0.1, 0.15) is 8.41 Å². The van der Waals surface area contributed by atoms with Crippen molar-refractivity contribution >= 4 is 50.5 Å². The zero-order chi connectivity index (χ0) is 15.2. The van der Waals surface area contributed by atoms with E-state index in [1.165, 1.54) is 25.7 Å². The maximum absolute atomic E-state index is 9.81. The van der Waals surface area contributed by atoms with Crippen LogP contribution in [0.2, 0.25) is 0 Å². The Labute approximate surface area is 144 Å². The normalized spacial score (nSPS) is 23.1. The highest BCUT2D eigenvalue weighted by atomic mass is 32.2. The quantitative estimate of drug-likeness (QED) is 0.261. The number of aliphatic hydroxyl groups excluding tert-OH is 1. The average molecular weight is 358 g/mol. The van der Waals surface area contributed by atoms with Crippen molar-refractivity contribution in [3.8, 4) is 0 Å². The summed E-state index contributed by atoms with van der Waals surface area (Å²) in [4.78, 5) is 5.79. The Balaban J connectivity index is 2.33. The fourth-order valence-electron chi connectivity index (χ4n) is 2.40. The van der Waals surface area contributed by atoms with E-state index in [1.54, 1.807) is 5.06 Å². The molecule has 1 saturated heterocycles. The second-order valence-corrected chi connectivity index (χ2v) is 9.17. The Hall–Kier alpha value is 1.28. The SMILES string of the molecule is CCCCCCCCON1C(S)(S)CC(O)CC1(S)S. The largest absolute Gasteiger partial charge is 0.393 e. The second kappa shape index (κ2) is 8.79. The van der Waals surface area contributed by atoms with Gasteiger partial charge < -0.3 is 5.11 Å². The number of aliphatic hydroxyl groups is 1. The lowest BCUT2D eigenvalue weighted by Crippen LogP contribution is -2.57. The first-order chi connectivity index (χ1) is 9.29. The van der Waals surface area contributed by atoms with Gasteiger partial charge in [-0.05, 0) is 6.42 Å². The van der Waals surface area contributed by atoms with Crippen LogP contribution in [-0.2, 0) is 4.84 Å². The highest BCUT2D eigenvalue weighted by Crippen LogP contribution is 2.47. The van der Waals surface area contributed by atoms with Crippen molar-refractivity contribution in [3.05, 3.63) is 0 Å². The van der Waals surface area contributed by atoms with Crippen LogP contribution in [-0.4, -0.2) is 31.3 Å². The van der Waals surface area contributed by atoms with Crippen LogP contribution in [0.4, 0.5) is 0 Å². The molecule has 0 aromatic carbocycles. The molecule has 120 valence electrons. The van der Waals surface area contributed by atoms with Crippen LogP contribution in [0, 0.1) is 0 Å². The van der Waals surface area contributed by atoms with Gasteiger partial charge in [-0.3, -0.25) is 4.84 Å². The van der Waals surface area contributed by atoms with Crippen LogP contribution >= 0.6 is 50.5 Å². The number of piperidine rings is 1. The first-order valence-electron chi connectivity index (χ1n) is 7.30. The highest BCUT2D eigenvalue weighted by Gasteiger charge is 2.49. The number of unbranched alkanes of at least 4 members (excludes halogenated alkanes) is 5. The molecule has 1 N–H and O–H groups in total. The molecule has 7 heteroatoms. The number of thiol groups is 4. The van der Waals surface area contributed by atoms with Crippen LogP contribution in [0.25, 0.3) is 0 Å². The summed E-state index contributed by atoms with van der Waals surface area (Å²) in [6, 6.07) is 0. The second-order valence-electron chi connectivity index (χ2n) is 5.51. The fourth-order valence-corrected chi connectivity index (χ4v) is 4.47. The van der Waals surface area contributed by atoms with E-state index in [0.717, 1.165) is 12.8 Å². The Morgan fingerprint density at radius 1 is 1.00 bits per heavy atom. The predicted molar refractivity (Wildman–Crippen MR) is 97.8 cm³/mol. The van der Waals surface area contributed by atoms with E-state index >= 15 is 0 Å². The molecule has 1 aliphatic rings. The van der Waals surface area contributed by atoms with E-state index < -0.39 is 14.5 Å². The minimum Gasteiger partial charge on any atom is -0.393 e. The van der Waals surface area contributed by atoms with E-state index in [-0.39, 0.29) is 0 Å². The van der Waals surface area contributed by atoms with Crippen molar-refractivity contribution in [1.82, 2.24) is 5.06 Å². The summed E-state index contributed by atoms with van der Waals surface area (Å²) in [5.41, 5.74) is 0. The lowest BCUT2D eigenvalue weighted by Gasteiger charge is -2.49. The molecule has 0 spiro atoms. The fraction of sp³-hybridized carbons (Fsp3) is 1.00. The van der Waals surface area contributed by atoms with Gasteiger partial charge in [-0.15, -0.1) is 55.6 Å². The molecular formula is C13H27NO2S4. The predicted octanol–water partition coefficient (Wildman–Crippen LogP) is 3.76. The van der Waals surface area contributed by atoms with E-state index in [4.69, 9.17) is 4.84 Å². The number of rotatable bonds is 8. The van der Waals surface area contributed by atoms with Gasteiger partial charge >= 0.3 is 0 Å². The smallest absolute Gasteiger partial charge is 0.136 e. The Kier molecular flexibility index (Phi) is 8.50. The van der Waals surface area contributed by atoms with E-state index in [0.29, 0.717) is 19.4 Å². The monoisotopic (exact) mass is 357 g/mol. The molecule has 1 aliphatic heterocycles. The van der Waals surface area contributed by atoms with E-state index in [1.807, 2.05) is 0 Å². The third kappa shape index (κ3) is 6.18. The highest BCUT2D eigenvalue weighted by molar-refractivity contribution is 8.02. The van der Waals surface area contributed by atoms with E-state index in [2.05, 4.69) is 57.4 Å². The number of hydrogen-bond acceptors (Lipinski definition) is 7. The summed E-state index contributed by atoms with van der Waals surface area (Å²) >= 11 is 17.9. The molecular weight excluding hydrogens is 330 g/mol. The Morgan fingerprint density at radius 2 is 1.50 bits per heavy atom. The lowest BCUT2D eigenvalue weighted by molar-refractivity contribution is -0.214. The van der Waals surface area contributed by atoms with Crippen LogP contribution in [0.1, 0.15) is 58.3 Å². The van der Waals surface area contributed by atoms with Crippen molar-refractivity contribution in [1.29, 1.82) is 0 Å². The average Bonchev–Trinajstić information content (AvgIpc) is 2.28. The molecule has 0 aromatic rings. The first kappa shape index (κ1) is 19.3. The molecule has 0 atom stereocenters. The summed E-state index contributed by atoms with van der Waals surface area (Å²) in [6.45, 7) is 2.82. The molecule has 20 heavy (non-hydrogen) atoms. The first-order valence-corrected chi connectivity index (χ1v) is 9.09. The molecule has 1 rings (SSSR count). The number of hydroxylamine groups is 2. The van der Waals surface area contributed by atoms with Gasteiger partial charge in [0.2, 0.25) is 0 Å². The minimum absolute atomic E-state index is 0.415. The van der Waals surface area contributed by atoms with Gasteiger partial charge in [0.15, 0.2) is 0 Å². The molecule has 0 aromatic heterocycles. The summed E-state index contributed by atoms with van der Waals surface area (Å²) in [5.74, 6) is 0. The summed E-state index contributed by atoms with van der Waals surface area (Å²) in [7, 11) is 0. The summed E-state index contributed by atoms with van der Waals surface area (Å²) in [5, 5.41) is 11.4. The van der Waals surface area contributed by atoms with Gasteiger partial charge in [-0.1, -0.05) is 39.0 Å². The lowest BCUT2D eigenvalue weighted by atomic mass is 10.1. The van der Waals surface area contributed by atoms with Gasteiger partial charge in [0.25, 0.3) is 0 Å². The maximum Gasteiger partial charge on any atom is 0.136 e. The molecule has 0 saturated carbocycles. The zero-order valence-corrected chi connectivity index (χ0v) is 15.6. The van der Waals surface area contributed by atoms with Crippen molar-refractivity contribution in [2.45, 2.75) is 72.8 Å². The third-order valence-electron chi connectivity index (χ3n) is 3.39. The topological polar surface area (TPSA) is 32.7 Å². The standard InChI is InChI=1S/C13H27NO2S4/c1-2-3-4-5-6-7-8-16-14-12(17,18)9-11(15)10-13(14,19)20/h11,15,17-20H,2-10H2,1H3. The molecule has 0 radical (unpaired) electrons. The molecule has 0 amide bonds. The van der Waals surface area contributed by atoms with Gasteiger partial charge in [0.05, 0.1) is 12.7 Å². The van der Waals surface area contributed by atoms with Gasteiger partial charge in [-0.2, -0.15) is 0 Å². The third-order valence-corrected chi connectivity index (χ3v) is 4.84. The van der Waals surface area contributed by atoms with Crippen LogP contribution in [0.3, 0.4) is 0 Å². The molecule has 1 heterocycles. The van der Waals surface area contributed by atoms with Crippen LogP contribution in [0.5, 0.6) is 0 Å². The van der Waals surface area contributed by atoms with E-state index in [9.17, 15) is 5.11 Å². The molecule has 3 nitrogen and oxygen atoms in total. The zero-order valence-electron chi connectivity index (χ0n) is 12.0. The Bertz CT molecular complexity index is 272. The maximum atomic E-state index is 9.81. The minimum atomic E-state index is -0.858.